The molecule has 4 rings (SSSR count). The number of halogens is 2. The van der Waals surface area contributed by atoms with Gasteiger partial charge in [-0.3, -0.25) is 8.61 Å². The minimum absolute atomic E-state index is 0.249. The summed E-state index contributed by atoms with van der Waals surface area (Å²) >= 11 is 4.84. The first kappa shape index (κ1) is 19.9. The van der Waals surface area contributed by atoms with Crippen molar-refractivity contribution < 1.29 is 13.9 Å². The van der Waals surface area contributed by atoms with Gasteiger partial charge in [-0.05, 0) is 63.5 Å². The van der Waals surface area contributed by atoms with Crippen LogP contribution in [0.2, 0.25) is 0 Å². The molecule has 0 radical (unpaired) electrons. The zero-order valence-corrected chi connectivity index (χ0v) is 18.5. The van der Waals surface area contributed by atoms with Crippen molar-refractivity contribution in [2.24, 2.45) is 0 Å². The Morgan fingerprint density at radius 1 is 0.793 bits per heavy atom. The Balaban J connectivity index is 1.61. The molecule has 0 unspecified atom stereocenters. The summed E-state index contributed by atoms with van der Waals surface area (Å²) in [5, 5.41) is 0. The maximum Gasteiger partial charge on any atom is 0.163 e. The van der Waals surface area contributed by atoms with Crippen LogP contribution in [0.3, 0.4) is 0 Å². The van der Waals surface area contributed by atoms with Gasteiger partial charge < -0.3 is 9.47 Å². The van der Waals surface area contributed by atoms with Crippen LogP contribution in [0.5, 0.6) is 11.5 Å². The van der Waals surface area contributed by atoms with Crippen LogP contribution in [0.4, 0.5) is 15.8 Å². The van der Waals surface area contributed by atoms with Gasteiger partial charge in [-0.15, -0.1) is 0 Å². The lowest BCUT2D eigenvalue weighted by Crippen LogP contribution is -2.16. The minimum atomic E-state index is -0.249. The van der Waals surface area contributed by atoms with Crippen molar-refractivity contribution in [1.82, 2.24) is 0 Å². The molecule has 0 N–H and O–H groups in total. The highest BCUT2D eigenvalue weighted by atomic mass is 79.9. The minimum Gasteiger partial charge on any atom is -0.497 e. The Bertz CT molecular complexity index is 999. The Morgan fingerprint density at radius 3 is 1.83 bits per heavy atom. The van der Waals surface area contributed by atoms with E-state index in [-0.39, 0.29) is 5.82 Å². The SMILES string of the molecule is COc1ccc(CN2SN(Cc3ccc(OC)cc3)c3c2ccc(Br)c3F)cc1. The maximum atomic E-state index is 15.0. The van der Waals surface area contributed by atoms with Gasteiger partial charge in [0.1, 0.15) is 17.2 Å². The molecule has 0 saturated carbocycles. The summed E-state index contributed by atoms with van der Waals surface area (Å²) in [6.45, 7) is 1.23. The predicted molar refractivity (Wildman–Crippen MR) is 120 cm³/mol. The number of methoxy groups -OCH3 is 2. The summed E-state index contributed by atoms with van der Waals surface area (Å²) in [7, 11) is 3.30. The first-order valence-corrected chi connectivity index (χ1v) is 10.6. The molecule has 150 valence electrons. The van der Waals surface area contributed by atoms with E-state index in [1.807, 2.05) is 58.9 Å². The number of fused-ring (bicyclic) bond motifs is 1. The second kappa shape index (κ2) is 8.55. The monoisotopic (exact) mass is 474 g/mol. The lowest BCUT2D eigenvalue weighted by atomic mass is 10.2. The van der Waals surface area contributed by atoms with Crippen molar-refractivity contribution in [2.45, 2.75) is 13.1 Å². The number of anilines is 2. The van der Waals surface area contributed by atoms with Gasteiger partial charge in [-0.25, -0.2) is 4.39 Å². The summed E-state index contributed by atoms with van der Waals surface area (Å²) in [6, 6.07) is 19.5. The van der Waals surface area contributed by atoms with Crippen molar-refractivity contribution in [3.05, 3.63) is 82.1 Å². The number of rotatable bonds is 6. The van der Waals surface area contributed by atoms with E-state index in [4.69, 9.17) is 9.47 Å². The van der Waals surface area contributed by atoms with Gasteiger partial charge in [0.25, 0.3) is 0 Å². The molecule has 1 aliphatic heterocycles. The third-order valence-electron chi connectivity index (χ3n) is 4.73. The fraction of sp³-hybridized carbons (Fsp3) is 0.182. The molecule has 1 heterocycles. The zero-order valence-electron chi connectivity index (χ0n) is 16.1. The van der Waals surface area contributed by atoms with E-state index in [2.05, 4.69) is 20.2 Å². The van der Waals surface area contributed by atoms with E-state index < -0.39 is 0 Å². The van der Waals surface area contributed by atoms with E-state index in [1.165, 1.54) is 12.1 Å². The lowest BCUT2D eigenvalue weighted by molar-refractivity contribution is 0.414. The third kappa shape index (κ3) is 4.16. The van der Waals surface area contributed by atoms with Gasteiger partial charge in [0.05, 0.1) is 49.6 Å². The van der Waals surface area contributed by atoms with E-state index in [1.54, 1.807) is 20.3 Å². The van der Waals surface area contributed by atoms with Gasteiger partial charge in [0.15, 0.2) is 5.82 Å². The molecule has 0 fully saturated rings. The van der Waals surface area contributed by atoms with Crippen LogP contribution in [-0.4, -0.2) is 14.2 Å². The second-order valence-electron chi connectivity index (χ2n) is 6.58. The van der Waals surface area contributed by atoms with Gasteiger partial charge in [-0.2, -0.15) is 0 Å². The highest BCUT2D eigenvalue weighted by Crippen LogP contribution is 2.49. The Morgan fingerprint density at radius 2 is 1.31 bits per heavy atom. The van der Waals surface area contributed by atoms with Crippen LogP contribution < -0.4 is 18.1 Å². The van der Waals surface area contributed by atoms with Gasteiger partial charge in [0.2, 0.25) is 0 Å². The molecule has 7 heteroatoms. The number of ether oxygens (including phenoxy) is 2. The van der Waals surface area contributed by atoms with Crippen molar-refractivity contribution in [1.29, 1.82) is 0 Å². The molecule has 0 amide bonds. The number of benzene rings is 3. The van der Waals surface area contributed by atoms with Gasteiger partial charge >= 0.3 is 0 Å². The summed E-state index contributed by atoms with van der Waals surface area (Å²) < 4.78 is 30.0. The molecule has 3 aromatic carbocycles. The van der Waals surface area contributed by atoms with E-state index in [0.717, 1.165) is 28.3 Å². The van der Waals surface area contributed by atoms with E-state index >= 15 is 4.39 Å². The lowest BCUT2D eigenvalue weighted by Gasteiger charge is -2.20. The predicted octanol–water partition coefficient (Wildman–Crippen LogP) is 6.20. The normalized spacial score (nSPS) is 12.8. The molecule has 0 aromatic heterocycles. The number of hydrogen-bond acceptors (Lipinski definition) is 5. The van der Waals surface area contributed by atoms with Crippen molar-refractivity contribution >= 4 is 39.4 Å². The standard InChI is InChI=1S/C22H20BrFN2O2S/c1-27-17-7-3-15(4-8-17)13-25-20-12-11-19(23)21(24)22(20)26(29-25)14-16-5-9-18(28-2)10-6-16/h3-12H,13-14H2,1-2H3. The third-order valence-corrected chi connectivity index (χ3v) is 6.38. The topological polar surface area (TPSA) is 24.9 Å². The molecule has 3 aromatic rings. The molecule has 0 spiro atoms. The fourth-order valence-electron chi connectivity index (χ4n) is 3.19. The van der Waals surface area contributed by atoms with Crippen LogP contribution in [0, 0.1) is 5.82 Å². The first-order valence-electron chi connectivity index (χ1n) is 9.06. The second-order valence-corrected chi connectivity index (χ2v) is 8.48. The highest BCUT2D eigenvalue weighted by Gasteiger charge is 2.31. The molecule has 29 heavy (non-hydrogen) atoms. The zero-order chi connectivity index (χ0) is 20.4. The van der Waals surface area contributed by atoms with Crippen LogP contribution in [0.1, 0.15) is 11.1 Å². The summed E-state index contributed by atoms with van der Waals surface area (Å²) in [5.41, 5.74) is 3.66. The smallest absolute Gasteiger partial charge is 0.163 e. The van der Waals surface area contributed by atoms with E-state index in [9.17, 15) is 0 Å². The summed E-state index contributed by atoms with van der Waals surface area (Å²) in [5.74, 6) is 1.37. The molecule has 0 aliphatic carbocycles. The quantitative estimate of drug-likeness (QED) is 0.396. The Kier molecular flexibility index (Phi) is 5.87. The summed E-state index contributed by atoms with van der Waals surface area (Å²) in [4.78, 5) is 0. The maximum absolute atomic E-state index is 15.0. The fourth-order valence-corrected chi connectivity index (χ4v) is 4.65. The van der Waals surface area contributed by atoms with Gasteiger partial charge in [0, 0.05) is 0 Å². The molecule has 0 atom stereocenters. The Hall–Kier alpha value is -2.38. The molecule has 0 bridgehead atoms. The molecule has 1 aliphatic rings. The van der Waals surface area contributed by atoms with Crippen molar-refractivity contribution in [3.63, 3.8) is 0 Å². The van der Waals surface area contributed by atoms with Crippen LogP contribution in [0.25, 0.3) is 0 Å². The van der Waals surface area contributed by atoms with Crippen molar-refractivity contribution in [2.75, 3.05) is 22.8 Å². The molecular weight excluding hydrogens is 455 g/mol. The van der Waals surface area contributed by atoms with E-state index in [0.29, 0.717) is 23.2 Å². The summed E-state index contributed by atoms with van der Waals surface area (Å²) in [6.07, 6.45) is 0. The van der Waals surface area contributed by atoms with Gasteiger partial charge in [-0.1, -0.05) is 24.3 Å². The number of hydrogen-bond donors (Lipinski definition) is 0. The van der Waals surface area contributed by atoms with Crippen LogP contribution in [0.15, 0.2) is 65.1 Å². The van der Waals surface area contributed by atoms with Crippen molar-refractivity contribution in [3.8, 4) is 11.5 Å². The van der Waals surface area contributed by atoms with Crippen LogP contribution >= 0.6 is 28.1 Å². The molecular formula is C22H20BrFN2O2S. The average Bonchev–Trinajstić information content (AvgIpc) is 3.09. The first-order chi connectivity index (χ1) is 14.1. The average molecular weight is 475 g/mol. The largest absolute Gasteiger partial charge is 0.497 e. The van der Waals surface area contributed by atoms with Crippen LogP contribution in [-0.2, 0) is 13.1 Å². The number of nitrogens with zero attached hydrogens (tertiary/aromatic N) is 2. The molecule has 4 nitrogen and oxygen atoms in total. The Labute approximate surface area is 182 Å². The highest BCUT2D eigenvalue weighted by molar-refractivity contribution is 9.10. The molecule has 0 saturated heterocycles.